The van der Waals surface area contributed by atoms with Gasteiger partial charge in [-0.1, -0.05) is 20.8 Å². The molecule has 5 heteroatoms. The van der Waals surface area contributed by atoms with E-state index in [0.29, 0.717) is 6.42 Å². The zero-order valence-corrected chi connectivity index (χ0v) is 9.39. The average Bonchev–Trinajstić information content (AvgIpc) is 1.97. The van der Waals surface area contributed by atoms with Gasteiger partial charge in [0.2, 0.25) is 0 Å². The molecule has 80 valence electrons. The first-order chi connectivity index (χ1) is 5.79. The van der Waals surface area contributed by atoms with Crippen molar-refractivity contribution >= 4 is 10.1 Å². The Labute approximate surface area is 80.0 Å². The van der Waals surface area contributed by atoms with E-state index in [1.807, 2.05) is 13.8 Å². The van der Waals surface area contributed by atoms with Crippen molar-refractivity contribution in [3.05, 3.63) is 0 Å². The van der Waals surface area contributed by atoms with Crippen LogP contribution < -0.4 is 0 Å². The Morgan fingerprint density at radius 2 is 1.92 bits per heavy atom. The summed E-state index contributed by atoms with van der Waals surface area (Å²) < 4.78 is 36.1. The van der Waals surface area contributed by atoms with Gasteiger partial charge in [-0.05, 0) is 18.8 Å². The minimum absolute atomic E-state index is 0.154. The van der Waals surface area contributed by atoms with Crippen LogP contribution in [0, 0.1) is 5.92 Å². The van der Waals surface area contributed by atoms with Crippen molar-refractivity contribution in [1.82, 2.24) is 0 Å². The highest BCUT2D eigenvalue weighted by Gasteiger charge is 2.41. The van der Waals surface area contributed by atoms with E-state index in [-0.39, 0.29) is 12.3 Å². The number of methoxy groups -OCH3 is 1. The summed E-state index contributed by atoms with van der Waals surface area (Å²) >= 11 is 0. The highest BCUT2D eigenvalue weighted by Crippen LogP contribution is 2.29. The average molecular weight is 210 g/mol. The van der Waals surface area contributed by atoms with E-state index >= 15 is 0 Å². The molecule has 0 aliphatic rings. The van der Waals surface area contributed by atoms with Crippen molar-refractivity contribution in [3.63, 3.8) is 0 Å². The van der Waals surface area contributed by atoms with Crippen LogP contribution in [0.1, 0.15) is 33.6 Å². The minimum atomic E-state index is -4.14. The fraction of sp³-hybridized carbons (Fsp3) is 1.00. The molecule has 0 aromatic heterocycles. The quantitative estimate of drug-likeness (QED) is 0.701. The summed E-state index contributed by atoms with van der Waals surface area (Å²) in [5.74, 6) is 0.154. The highest BCUT2D eigenvalue weighted by atomic mass is 32.2. The first-order valence-electron chi connectivity index (χ1n) is 4.31. The Morgan fingerprint density at radius 1 is 1.46 bits per heavy atom. The normalized spacial score (nSPS) is 17.4. The lowest BCUT2D eigenvalue weighted by Gasteiger charge is -2.29. The largest absolute Gasteiger partial charge is 0.360 e. The molecule has 0 saturated heterocycles. The van der Waals surface area contributed by atoms with Crippen LogP contribution in [-0.4, -0.2) is 25.0 Å². The molecule has 4 nitrogen and oxygen atoms in total. The lowest BCUT2D eigenvalue weighted by atomic mass is 10.0. The summed E-state index contributed by atoms with van der Waals surface area (Å²) in [6, 6.07) is 0. The van der Waals surface area contributed by atoms with E-state index in [4.69, 9.17) is 9.29 Å². The number of rotatable bonds is 5. The van der Waals surface area contributed by atoms with Crippen LogP contribution in [0.15, 0.2) is 0 Å². The molecule has 0 saturated carbocycles. The van der Waals surface area contributed by atoms with E-state index in [2.05, 4.69) is 0 Å². The maximum Gasteiger partial charge on any atom is 0.295 e. The molecule has 0 fully saturated rings. The van der Waals surface area contributed by atoms with E-state index in [9.17, 15) is 8.42 Å². The third kappa shape index (κ3) is 2.93. The predicted octanol–water partition coefficient (Wildman–Crippen LogP) is 1.67. The molecule has 1 unspecified atom stereocenters. The molecule has 0 radical (unpaired) electrons. The van der Waals surface area contributed by atoms with E-state index in [1.54, 1.807) is 6.92 Å². The van der Waals surface area contributed by atoms with Gasteiger partial charge >= 0.3 is 0 Å². The first kappa shape index (κ1) is 12.9. The molecule has 0 bridgehead atoms. The maximum atomic E-state index is 11.1. The molecule has 0 heterocycles. The molecule has 1 atom stereocenters. The van der Waals surface area contributed by atoms with Gasteiger partial charge < -0.3 is 4.74 Å². The van der Waals surface area contributed by atoms with Crippen LogP contribution in [0.4, 0.5) is 0 Å². The van der Waals surface area contributed by atoms with Crippen LogP contribution in [0.3, 0.4) is 0 Å². The maximum absolute atomic E-state index is 11.1. The molecule has 0 aliphatic heterocycles. The topological polar surface area (TPSA) is 63.6 Å². The predicted molar refractivity (Wildman–Crippen MR) is 51.0 cm³/mol. The second-order valence-corrected chi connectivity index (χ2v) is 5.24. The van der Waals surface area contributed by atoms with Gasteiger partial charge in [0.15, 0.2) is 4.93 Å². The second kappa shape index (κ2) is 4.39. The van der Waals surface area contributed by atoms with Gasteiger partial charge in [-0.15, -0.1) is 0 Å². The van der Waals surface area contributed by atoms with Crippen molar-refractivity contribution in [2.45, 2.75) is 38.5 Å². The van der Waals surface area contributed by atoms with Gasteiger partial charge in [-0.2, -0.15) is 8.42 Å². The minimum Gasteiger partial charge on any atom is -0.360 e. The van der Waals surface area contributed by atoms with E-state index in [0.717, 1.165) is 0 Å². The van der Waals surface area contributed by atoms with Crippen LogP contribution >= 0.6 is 0 Å². The molecule has 13 heavy (non-hydrogen) atoms. The Kier molecular flexibility index (Phi) is 4.35. The molecule has 0 aromatic rings. The standard InChI is InChI=1S/C8H18O4S/c1-5-8(12-4,6-7(2)3)13(9,10)11/h7H,5-6H2,1-4H3,(H,9,10,11). The van der Waals surface area contributed by atoms with Crippen LogP contribution in [-0.2, 0) is 14.9 Å². The van der Waals surface area contributed by atoms with Gasteiger partial charge in [-0.25, -0.2) is 0 Å². The fourth-order valence-corrected chi connectivity index (χ4v) is 2.51. The van der Waals surface area contributed by atoms with Crippen molar-refractivity contribution in [1.29, 1.82) is 0 Å². The molecule has 0 amide bonds. The summed E-state index contributed by atoms with van der Waals surface area (Å²) in [6.07, 6.45) is 0.555. The molecule has 0 aromatic carbocycles. The Bertz CT molecular complexity index is 239. The molecule has 0 rings (SSSR count). The van der Waals surface area contributed by atoms with Crippen molar-refractivity contribution in [2.24, 2.45) is 5.92 Å². The zero-order valence-electron chi connectivity index (χ0n) is 8.57. The molecule has 1 N–H and O–H groups in total. The van der Waals surface area contributed by atoms with Gasteiger partial charge in [0.1, 0.15) is 0 Å². The second-order valence-electron chi connectivity index (χ2n) is 3.54. The fourth-order valence-electron chi connectivity index (χ4n) is 1.39. The van der Waals surface area contributed by atoms with Crippen molar-refractivity contribution in [3.8, 4) is 0 Å². The highest BCUT2D eigenvalue weighted by molar-refractivity contribution is 7.87. The number of hydrogen-bond acceptors (Lipinski definition) is 3. The van der Waals surface area contributed by atoms with Gasteiger partial charge in [0.25, 0.3) is 10.1 Å². The molecular weight excluding hydrogens is 192 g/mol. The molecular formula is C8H18O4S. The Balaban J connectivity index is 4.93. The summed E-state index contributed by atoms with van der Waals surface area (Å²) in [4.78, 5) is -1.43. The van der Waals surface area contributed by atoms with E-state index < -0.39 is 15.1 Å². The summed E-state index contributed by atoms with van der Waals surface area (Å²) in [7, 11) is -2.84. The van der Waals surface area contributed by atoms with Gasteiger partial charge in [0.05, 0.1) is 0 Å². The van der Waals surface area contributed by atoms with Gasteiger partial charge in [-0.3, -0.25) is 4.55 Å². The Morgan fingerprint density at radius 3 is 2.00 bits per heavy atom. The first-order valence-corrected chi connectivity index (χ1v) is 5.75. The monoisotopic (exact) mass is 210 g/mol. The van der Waals surface area contributed by atoms with E-state index in [1.165, 1.54) is 7.11 Å². The van der Waals surface area contributed by atoms with Crippen molar-refractivity contribution < 1.29 is 17.7 Å². The summed E-state index contributed by atoms with van der Waals surface area (Å²) in [6.45, 7) is 5.45. The van der Waals surface area contributed by atoms with Gasteiger partial charge in [0, 0.05) is 7.11 Å². The summed E-state index contributed by atoms with van der Waals surface area (Å²) in [5, 5.41) is 0. The molecule has 0 spiro atoms. The SMILES string of the molecule is CCC(CC(C)C)(OC)S(=O)(=O)O. The summed E-state index contributed by atoms with van der Waals surface area (Å²) in [5.41, 5.74) is 0. The van der Waals surface area contributed by atoms with Crippen LogP contribution in [0.2, 0.25) is 0 Å². The van der Waals surface area contributed by atoms with Crippen molar-refractivity contribution in [2.75, 3.05) is 7.11 Å². The lowest BCUT2D eigenvalue weighted by Crippen LogP contribution is -2.40. The van der Waals surface area contributed by atoms with Crippen LogP contribution in [0.25, 0.3) is 0 Å². The lowest BCUT2D eigenvalue weighted by molar-refractivity contribution is 0.0333. The number of ether oxygens (including phenoxy) is 1. The smallest absolute Gasteiger partial charge is 0.295 e. The van der Waals surface area contributed by atoms with Crippen LogP contribution in [0.5, 0.6) is 0 Å². The third-order valence-corrected chi connectivity index (χ3v) is 3.66. The Hall–Kier alpha value is -0.130. The zero-order chi connectivity index (χ0) is 10.7. The molecule has 0 aliphatic carbocycles. The number of hydrogen-bond donors (Lipinski definition) is 1. The third-order valence-electron chi connectivity index (χ3n) is 2.10.